The summed E-state index contributed by atoms with van der Waals surface area (Å²) in [5.74, 6) is -0.0123. The highest BCUT2D eigenvalue weighted by Crippen LogP contribution is 1.96. The molecule has 18 heavy (non-hydrogen) atoms. The van der Waals surface area contributed by atoms with Crippen LogP contribution in [-0.4, -0.2) is 77.0 Å². The Labute approximate surface area is 109 Å². The van der Waals surface area contributed by atoms with Gasteiger partial charge in [-0.15, -0.1) is 0 Å². The molecule has 0 spiro atoms. The first-order valence-corrected chi connectivity index (χ1v) is 6.51. The molecular formula is C12H25N3O3. The second-order valence-corrected chi connectivity index (χ2v) is 4.50. The summed E-state index contributed by atoms with van der Waals surface area (Å²) < 4.78 is 10.4. The third-order valence-electron chi connectivity index (χ3n) is 2.91. The zero-order chi connectivity index (χ0) is 13.2. The maximum Gasteiger partial charge on any atom is 0.250 e. The van der Waals surface area contributed by atoms with Crippen LogP contribution in [-0.2, 0) is 14.3 Å². The summed E-state index contributed by atoms with van der Waals surface area (Å²) >= 11 is 0. The highest BCUT2D eigenvalue weighted by Gasteiger charge is 2.20. The highest BCUT2D eigenvalue weighted by molar-refractivity contribution is 5.81. The lowest BCUT2D eigenvalue weighted by molar-refractivity contribution is -0.134. The molecule has 1 unspecified atom stereocenters. The number of amides is 1. The second-order valence-electron chi connectivity index (χ2n) is 4.50. The number of hydrogen-bond acceptors (Lipinski definition) is 5. The molecule has 0 aromatic carbocycles. The summed E-state index contributed by atoms with van der Waals surface area (Å²) in [6.45, 7) is 5.35. The van der Waals surface area contributed by atoms with Crippen molar-refractivity contribution in [3.05, 3.63) is 0 Å². The van der Waals surface area contributed by atoms with E-state index in [0.29, 0.717) is 19.7 Å². The normalized spacial score (nSPS) is 20.1. The molecule has 1 heterocycles. The van der Waals surface area contributed by atoms with E-state index in [0.717, 1.165) is 32.7 Å². The molecule has 1 saturated heterocycles. The minimum Gasteiger partial charge on any atom is -0.383 e. The first-order valence-electron chi connectivity index (χ1n) is 6.51. The van der Waals surface area contributed by atoms with Crippen molar-refractivity contribution in [1.82, 2.24) is 15.5 Å². The van der Waals surface area contributed by atoms with Gasteiger partial charge in [0, 0.05) is 33.3 Å². The number of methoxy groups -OCH3 is 1. The molecule has 1 amide bonds. The molecule has 2 N–H and O–H groups in total. The lowest BCUT2D eigenvalue weighted by Gasteiger charge is -2.23. The Bertz CT molecular complexity index is 233. The fraction of sp³-hybridized carbons (Fsp3) is 0.917. The molecule has 0 radical (unpaired) electrons. The van der Waals surface area contributed by atoms with Crippen molar-refractivity contribution in [2.45, 2.75) is 12.5 Å². The lowest BCUT2D eigenvalue weighted by Crippen LogP contribution is -2.48. The van der Waals surface area contributed by atoms with E-state index in [1.165, 1.54) is 0 Å². The van der Waals surface area contributed by atoms with Gasteiger partial charge in [0.25, 0.3) is 0 Å². The predicted octanol–water partition coefficient (Wildman–Crippen LogP) is -0.941. The number of rotatable bonds is 8. The highest BCUT2D eigenvalue weighted by atomic mass is 16.5. The van der Waals surface area contributed by atoms with Gasteiger partial charge in [-0.1, -0.05) is 0 Å². The summed E-state index contributed by atoms with van der Waals surface area (Å²) in [6, 6.07) is 0. The van der Waals surface area contributed by atoms with Gasteiger partial charge in [-0.3, -0.25) is 4.79 Å². The summed E-state index contributed by atoms with van der Waals surface area (Å²) in [6.07, 6.45) is 0.608. The first-order chi connectivity index (χ1) is 8.74. The summed E-state index contributed by atoms with van der Waals surface area (Å²) in [5, 5.41) is 6.04. The number of ether oxygens (including phenoxy) is 2. The van der Waals surface area contributed by atoms with Crippen LogP contribution in [0.1, 0.15) is 6.42 Å². The molecule has 1 fully saturated rings. The second kappa shape index (κ2) is 9.27. The van der Waals surface area contributed by atoms with Crippen LogP contribution >= 0.6 is 0 Å². The van der Waals surface area contributed by atoms with Crippen molar-refractivity contribution in [3.63, 3.8) is 0 Å². The lowest BCUT2D eigenvalue weighted by atomic mass is 10.3. The van der Waals surface area contributed by atoms with E-state index in [2.05, 4.69) is 22.6 Å². The van der Waals surface area contributed by atoms with Gasteiger partial charge in [-0.2, -0.15) is 0 Å². The van der Waals surface area contributed by atoms with E-state index in [4.69, 9.17) is 9.47 Å². The fourth-order valence-corrected chi connectivity index (χ4v) is 1.77. The standard InChI is InChI=1S/C12H25N3O3/c1-15(7-9-17-2)6-3-4-14-12(16)11-10-13-5-8-18-11/h11,13H,3-10H2,1-2H3,(H,14,16). The smallest absolute Gasteiger partial charge is 0.250 e. The van der Waals surface area contributed by atoms with Gasteiger partial charge in [0.2, 0.25) is 5.91 Å². The predicted molar refractivity (Wildman–Crippen MR) is 69.6 cm³/mol. The molecule has 6 nitrogen and oxygen atoms in total. The van der Waals surface area contributed by atoms with Crippen molar-refractivity contribution in [1.29, 1.82) is 0 Å². The molecule has 0 saturated carbocycles. The monoisotopic (exact) mass is 259 g/mol. The molecule has 0 bridgehead atoms. The van der Waals surface area contributed by atoms with Gasteiger partial charge < -0.3 is 25.0 Å². The Hall–Kier alpha value is -0.690. The molecule has 6 heteroatoms. The van der Waals surface area contributed by atoms with Crippen molar-refractivity contribution >= 4 is 5.91 Å². The molecule has 106 valence electrons. The van der Waals surface area contributed by atoms with Crippen LogP contribution in [0.25, 0.3) is 0 Å². The molecule has 0 aromatic rings. The van der Waals surface area contributed by atoms with E-state index in [9.17, 15) is 4.79 Å². The molecule has 1 rings (SSSR count). The van der Waals surface area contributed by atoms with E-state index < -0.39 is 0 Å². The van der Waals surface area contributed by atoms with E-state index in [1.807, 2.05) is 0 Å². The van der Waals surface area contributed by atoms with Gasteiger partial charge in [-0.25, -0.2) is 0 Å². The SMILES string of the molecule is COCCN(C)CCCNC(=O)C1CNCCO1. The maximum absolute atomic E-state index is 11.7. The largest absolute Gasteiger partial charge is 0.383 e. The molecule has 1 aliphatic heterocycles. The Morgan fingerprint density at radius 3 is 3.06 bits per heavy atom. The van der Waals surface area contributed by atoms with Crippen LogP contribution in [0, 0.1) is 0 Å². The molecule has 0 aliphatic carbocycles. The third-order valence-corrected chi connectivity index (χ3v) is 2.91. The van der Waals surface area contributed by atoms with E-state index in [-0.39, 0.29) is 12.0 Å². The Balaban J connectivity index is 2.01. The number of carbonyl (C=O) groups is 1. The van der Waals surface area contributed by atoms with Crippen molar-refractivity contribution in [2.75, 3.05) is 60.1 Å². The first kappa shape index (κ1) is 15.4. The van der Waals surface area contributed by atoms with E-state index >= 15 is 0 Å². The molecule has 0 aromatic heterocycles. The molecular weight excluding hydrogens is 234 g/mol. The third kappa shape index (κ3) is 6.30. The number of likely N-dealkylation sites (N-methyl/N-ethyl adjacent to an activating group) is 1. The van der Waals surface area contributed by atoms with Crippen LogP contribution in [0.3, 0.4) is 0 Å². The number of carbonyl (C=O) groups excluding carboxylic acids is 1. The van der Waals surface area contributed by atoms with Crippen molar-refractivity contribution in [3.8, 4) is 0 Å². The van der Waals surface area contributed by atoms with Crippen LogP contribution in [0.5, 0.6) is 0 Å². The van der Waals surface area contributed by atoms with E-state index in [1.54, 1.807) is 7.11 Å². The number of nitrogens with zero attached hydrogens (tertiary/aromatic N) is 1. The van der Waals surface area contributed by atoms with Gasteiger partial charge in [0.1, 0.15) is 6.10 Å². The van der Waals surface area contributed by atoms with Crippen molar-refractivity contribution in [2.24, 2.45) is 0 Å². The summed E-state index contributed by atoms with van der Waals surface area (Å²) in [5.41, 5.74) is 0. The maximum atomic E-state index is 11.7. The Kier molecular flexibility index (Phi) is 7.91. The minimum absolute atomic E-state index is 0.0123. The minimum atomic E-state index is -0.329. The summed E-state index contributed by atoms with van der Waals surface area (Å²) in [7, 11) is 3.75. The quantitative estimate of drug-likeness (QED) is 0.551. The van der Waals surface area contributed by atoms with Crippen LogP contribution in [0.15, 0.2) is 0 Å². The van der Waals surface area contributed by atoms with Crippen LogP contribution in [0.4, 0.5) is 0 Å². The van der Waals surface area contributed by atoms with Crippen molar-refractivity contribution < 1.29 is 14.3 Å². The number of nitrogens with one attached hydrogen (secondary N) is 2. The average Bonchev–Trinajstić information content (AvgIpc) is 2.42. The van der Waals surface area contributed by atoms with Crippen LogP contribution in [0.2, 0.25) is 0 Å². The Morgan fingerprint density at radius 1 is 1.56 bits per heavy atom. The fourth-order valence-electron chi connectivity index (χ4n) is 1.77. The number of hydrogen-bond donors (Lipinski definition) is 2. The number of morpholine rings is 1. The summed E-state index contributed by atoms with van der Waals surface area (Å²) in [4.78, 5) is 13.9. The van der Waals surface area contributed by atoms with Crippen LogP contribution < -0.4 is 10.6 Å². The molecule has 1 aliphatic rings. The zero-order valence-corrected chi connectivity index (χ0v) is 11.4. The zero-order valence-electron chi connectivity index (χ0n) is 11.4. The van der Waals surface area contributed by atoms with Gasteiger partial charge in [-0.05, 0) is 20.0 Å². The average molecular weight is 259 g/mol. The van der Waals surface area contributed by atoms with Gasteiger partial charge >= 0.3 is 0 Å². The van der Waals surface area contributed by atoms with Gasteiger partial charge in [0.15, 0.2) is 0 Å². The van der Waals surface area contributed by atoms with Gasteiger partial charge in [0.05, 0.1) is 13.2 Å². The Morgan fingerprint density at radius 2 is 2.39 bits per heavy atom. The topological polar surface area (TPSA) is 62.8 Å². The molecule has 1 atom stereocenters.